The normalized spacial score (nSPS) is 15.8. The molecule has 0 rings (SSSR count). The number of rotatable bonds is 4. The molecule has 0 fully saturated rings. The standard InChI is InChI=1S/C5H9NO2SSe/c6-5(3-9,1-2-10)4(7)8/h2,9H,1,3,6H2,(H,7,8). The fourth-order valence-electron chi connectivity index (χ4n) is 0.368. The van der Waals surface area contributed by atoms with E-state index in [2.05, 4.69) is 28.2 Å². The fraction of sp³-hybridized carbons (Fsp3) is 0.600. The number of nitrogens with two attached hydrogens (primary N) is 1. The maximum atomic E-state index is 10.4. The van der Waals surface area contributed by atoms with Crippen LogP contribution in [0.3, 0.4) is 0 Å². The molecule has 0 aliphatic rings. The van der Waals surface area contributed by atoms with Gasteiger partial charge in [0.05, 0.1) is 0 Å². The van der Waals surface area contributed by atoms with E-state index < -0.39 is 11.5 Å². The van der Waals surface area contributed by atoms with E-state index >= 15 is 0 Å². The van der Waals surface area contributed by atoms with Gasteiger partial charge >= 0.3 is 72.4 Å². The maximum absolute atomic E-state index is 10.4. The predicted molar refractivity (Wildman–Crippen MR) is 44.8 cm³/mol. The van der Waals surface area contributed by atoms with Crippen LogP contribution in [0.4, 0.5) is 0 Å². The van der Waals surface area contributed by atoms with Crippen molar-refractivity contribution in [1.29, 1.82) is 0 Å². The summed E-state index contributed by atoms with van der Waals surface area (Å²) < 4.78 is 0. The summed E-state index contributed by atoms with van der Waals surface area (Å²) in [7, 11) is 0. The van der Waals surface area contributed by atoms with Gasteiger partial charge in [-0.2, -0.15) is 0 Å². The van der Waals surface area contributed by atoms with Crippen molar-refractivity contribution in [2.24, 2.45) is 5.73 Å². The first-order chi connectivity index (χ1) is 4.56. The summed E-state index contributed by atoms with van der Waals surface area (Å²) in [5.41, 5.74) is 4.21. The summed E-state index contributed by atoms with van der Waals surface area (Å²) in [6.07, 6.45) is 0.297. The third-order valence-corrected chi connectivity index (χ3v) is 2.07. The molecule has 0 aliphatic heterocycles. The Labute approximate surface area is 72.7 Å². The van der Waals surface area contributed by atoms with E-state index in [9.17, 15) is 4.79 Å². The quantitative estimate of drug-likeness (QED) is 0.428. The molecule has 10 heavy (non-hydrogen) atoms. The Hall–Kier alpha value is 0.169. The first-order valence-corrected chi connectivity index (χ1v) is 4.26. The second-order valence-corrected chi connectivity index (χ2v) is 3.01. The van der Waals surface area contributed by atoms with Crippen molar-refractivity contribution in [3.05, 3.63) is 0 Å². The van der Waals surface area contributed by atoms with Crippen molar-refractivity contribution < 1.29 is 9.90 Å². The van der Waals surface area contributed by atoms with Crippen LogP contribution in [-0.4, -0.2) is 42.9 Å². The molecule has 58 valence electrons. The third kappa shape index (κ3) is 2.42. The molecule has 0 spiro atoms. The van der Waals surface area contributed by atoms with Crippen molar-refractivity contribution >= 4 is 39.1 Å². The number of thiol groups is 1. The van der Waals surface area contributed by atoms with Gasteiger partial charge in [0, 0.05) is 0 Å². The van der Waals surface area contributed by atoms with E-state index in [1.165, 1.54) is 0 Å². The van der Waals surface area contributed by atoms with Crippen molar-refractivity contribution in [2.45, 2.75) is 12.0 Å². The Kier molecular flexibility index (Phi) is 4.20. The topological polar surface area (TPSA) is 63.3 Å². The van der Waals surface area contributed by atoms with E-state index in [4.69, 9.17) is 10.8 Å². The zero-order chi connectivity index (χ0) is 8.20. The number of carboxylic acid groups (broad SMARTS) is 1. The van der Waals surface area contributed by atoms with E-state index in [1.54, 1.807) is 4.92 Å². The average molecular weight is 226 g/mol. The van der Waals surface area contributed by atoms with Crippen molar-refractivity contribution in [1.82, 2.24) is 0 Å². The van der Waals surface area contributed by atoms with Crippen LogP contribution < -0.4 is 5.73 Å². The van der Waals surface area contributed by atoms with Gasteiger partial charge in [-0.1, -0.05) is 0 Å². The summed E-state index contributed by atoms with van der Waals surface area (Å²) in [6.45, 7) is 0. The second-order valence-electron chi connectivity index (χ2n) is 1.99. The minimum atomic E-state index is -1.21. The summed E-state index contributed by atoms with van der Waals surface area (Å²) in [6, 6.07) is 0. The molecule has 0 aromatic carbocycles. The molecule has 0 bridgehead atoms. The molecule has 0 saturated heterocycles. The molecule has 0 amide bonds. The Morgan fingerprint density at radius 1 is 1.90 bits per heavy atom. The minimum absolute atomic E-state index is 0.139. The third-order valence-electron chi connectivity index (χ3n) is 1.16. The number of carbonyl (C=O) groups is 1. The summed E-state index contributed by atoms with van der Waals surface area (Å²) in [5.74, 6) is -0.880. The number of hydrogen-bond donors (Lipinski definition) is 3. The molecule has 3 nitrogen and oxygen atoms in total. The van der Waals surface area contributed by atoms with Gasteiger partial charge in [-0.15, -0.1) is 0 Å². The van der Waals surface area contributed by atoms with Gasteiger partial charge in [0.2, 0.25) is 0 Å². The Bertz CT molecular complexity index is 153. The monoisotopic (exact) mass is 227 g/mol. The summed E-state index contributed by atoms with van der Waals surface area (Å²) in [5, 5.41) is 8.56. The van der Waals surface area contributed by atoms with Gasteiger partial charge in [0.25, 0.3) is 0 Å². The molecule has 0 heterocycles. The van der Waals surface area contributed by atoms with Crippen molar-refractivity contribution in [3.63, 3.8) is 0 Å². The van der Waals surface area contributed by atoms with Gasteiger partial charge in [-0.25, -0.2) is 0 Å². The summed E-state index contributed by atoms with van der Waals surface area (Å²) in [4.78, 5) is 12.0. The van der Waals surface area contributed by atoms with Gasteiger partial charge in [-0.05, 0) is 0 Å². The van der Waals surface area contributed by atoms with E-state index in [0.717, 1.165) is 0 Å². The molecule has 3 N–H and O–H groups in total. The predicted octanol–water partition coefficient (Wildman–Crippen LogP) is -0.941. The first kappa shape index (κ1) is 10.2. The Balaban J connectivity index is 4.21. The van der Waals surface area contributed by atoms with Crippen LogP contribution in [0.15, 0.2) is 0 Å². The van der Waals surface area contributed by atoms with E-state index in [0.29, 0.717) is 6.42 Å². The van der Waals surface area contributed by atoms with Crippen LogP contribution in [0, 0.1) is 0 Å². The SMILES string of the molecule is NC(CS)(CC=[Se])C(=O)O. The molecule has 1 unspecified atom stereocenters. The fourth-order valence-corrected chi connectivity index (χ4v) is 1.26. The average Bonchev–Trinajstić information content (AvgIpc) is 1.88. The van der Waals surface area contributed by atoms with E-state index in [-0.39, 0.29) is 5.75 Å². The molecular formula is C5H9NO2SSe. The summed E-state index contributed by atoms with van der Waals surface area (Å²) >= 11 is 6.42. The molecule has 0 saturated carbocycles. The van der Waals surface area contributed by atoms with Gasteiger partial charge in [0.15, 0.2) is 0 Å². The van der Waals surface area contributed by atoms with Crippen LogP contribution in [0.25, 0.3) is 0 Å². The molecular weight excluding hydrogens is 217 g/mol. The zero-order valence-corrected chi connectivity index (χ0v) is 7.89. The van der Waals surface area contributed by atoms with Crippen LogP contribution in [0.5, 0.6) is 0 Å². The molecule has 0 aromatic heterocycles. The first-order valence-electron chi connectivity index (χ1n) is 2.63. The molecule has 0 aromatic rings. The van der Waals surface area contributed by atoms with Crippen LogP contribution in [0.2, 0.25) is 0 Å². The Morgan fingerprint density at radius 2 is 2.40 bits per heavy atom. The zero-order valence-electron chi connectivity index (χ0n) is 5.28. The second kappa shape index (κ2) is 4.13. The molecule has 0 radical (unpaired) electrons. The number of carboxylic acids is 1. The number of hydrogen-bond acceptors (Lipinski definition) is 3. The van der Waals surface area contributed by atoms with E-state index in [1.807, 2.05) is 0 Å². The molecule has 5 heteroatoms. The van der Waals surface area contributed by atoms with Crippen LogP contribution >= 0.6 is 12.6 Å². The van der Waals surface area contributed by atoms with Gasteiger partial charge in [-0.3, -0.25) is 0 Å². The van der Waals surface area contributed by atoms with Gasteiger partial charge in [0.1, 0.15) is 0 Å². The van der Waals surface area contributed by atoms with Crippen molar-refractivity contribution in [2.75, 3.05) is 5.75 Å². The van der Waals surface area contributed by atoms with Crippen LogP contribution in [-0.2, 0) is 4.79 Å². The molecule has 1 atom stereocenters. The molecule has 0 aliphatic carbocycles. The van der Waals surface area contributed by atoms with Gasteiger partial charge < -0.3 is 0 Å². The van der Waals surface area contributed by atoms with Crippen LogP contribution in [0.1, 0.15) is 6.42 Å². The Morgan fingerprint density at radius 3 is 2.50 bits per heavy atom. The van der Waals surface area contributed by atoms with Crippen molar-refractivity contribution in [3.8, 4) is 0 Å². The number of aliphatic carboxylic acids is 1.